The number of rotatable bonds is 8. The van der Waals surface area contributed by atoms with Crippen LogP contribution in [0.1, 0.15) is 37.0 Å². The lowest BCUT2D eigenvalue weighted by Crippen LogP contribution is -2.22. The number of thioether (sulfide) groups is 1. The quantitative estimate of drug-likeness (QED) is 0.455. The first-order valence-corrected chi connectivity index (χ1v) is 7.85. The van der Waals surface area contributed by atoms with Gasteiger partial charge in [0.25, 0.3) is 5.91 Å². The van der Waals surface area contributed by atoms with Crippen LogP contribution in [0.4, 0.5) is 0 Å². The maximum absolute atomic E-state index is 11.7. The molecule has 0 heterocycles. The SMILES string of the molecule is CC(C)OC(=O)CCCSCNC(=O)c1ccccc1. The second-order valence-corrected chi connectivity index (χ2v) is 5.67. The van der Waals surface area contributed by atoms with Gasteiger partial charge in [-0.2, -0.15) is 0 Å². The third kappa shape index (κ3) is 7.19. The Kier molecular flexibility index (Phi) is 7.80. The van der Waals surface area contributed by atoms with Gasteiger partial charge in [-0.3, -0.25) is 9.59 Å². The molecule has 0 aliphatic carbocycles. The van der Waals surface area contributed by atoms with Crippen LogP contribution in [0.5, 0.6) is 0 Å². The number of benzene rings is 1. The Labute approximate surface area is 124 Å². The van der Waals surface area contributed by atoms with Gasteiger partial charge in [-0.25, -0.2) is 0 Å². The van der Waals surface area contributed by atoms with Gasteiger partial charge in [-0.05, 0) is 38.2 Å². The normalized spacial score (nSPS) is 10.3. The van der Waals surface area contributed by atoms with Crippen molar-refractivity contribution >= 4 is 23.6 Å². The lowest BCUT2D eigenvalue weighted by Gasteiger charge is -2.07. The van der Waals surface area contributed by atoms with Gasteiger partial charge in [-0.15, -0.1) is 11.8 Å². The van der Waals surface area contributed by atoms with Crippen molar-refractivity contribution < 1.29 is 14.3 Å². The van der Waals surface area contributed by atoms with Gasteiger partial charge in [0.2, 0.25) is 0 Å². The number of amides is 1. The molecule has 0 radical (unpaired) electrons. The molecule has 1 amide bonds. The number of carbonyl (C=O) groups is 2. The number of hydrogen-bond acceptors (Lipinski definition) is 4. The fraction of sp³-hybridized carbons (Fsp3) is 0.467. The molecule has 0 unspecified atom stereocenters. The van der Waals surface area contributed by atoms with Crippen LogP contribution in [0.3, 0.4) is 0 Å². The molecule has 0 saturated carbocycles. The van der Waals surface area contributed by atoms with Crippen molar-refractivity contribution in [1.29, 1.82) is 0 Å². The minimum atomic E-state index is -0.158. The Morgan fingerprint density at radius 3 is 2.60 bits per heavy atom. The predicted octanol–water partition coefficient (Wildman–Crippen LogP) is 2.84. The van der Waals surface area contributed by atoms with E-state index in [-0.39, 0.29) is 18.0 Å². The minimum absolute atomic E-state index is 0.0553. The topological polar surface area (TPSA) is 55.4 Å². The average Bonchev–Trinajstić information content (AvgIpc) is 2.42. The van der Waals surface area contributed by atoms with Gasteiger partial charge >= 0.3 is 5.97 Å². The van der Waals surface area contributed by atoms with Crippen LogP contribution in [0.2, 0.25) is 0 Å². The summed E-state index contributed by atoms with van der Waals surface area (Å²) in [4.78, 5) is 23.0. The zero-order valence-electron chi connectivity index (χ0n) is 11.9. The van der Waals surface area contributed by atoms with Crippen molar-refractivity contribution in [1.82, 2.24) is 5.32 Å². The third-order valence-corrected chi connectivity index (χ3v) is 3.33. The van der Waals surface area contributed by atoms with Gasteiger partial charge in [0.15, 0.2) is 0 Å². The Hall–Kier alpha value is -1.49. The predicted molar refractivity (Wildman–Crippen MR) is 81.7 cm³/mol. The Bertz CT molecular complexity index is 420. The smallest absolute Gasteiger partial charge is 0.306 e. The van der Waals surface area contributed by atoms with Crippen LogP contribution < -0.4 is 5.32 Å². The van der Waals surface area contributed by atoms with Crippen molar-refractivity contribution in [3.63, 3.8) is 0 Å². The lowest BCUT2D eigenvalue weighted by molar-refractivity contribution is -0.147. The van der Waals surface area contributed by atoms with Gasteiger partial charge in [0.1, 0.15) is 0 Å². The van der Waals surface area contributed by atoms with Crippen LogP contribution in [0, 0.1) is 0 Å². The molecule has 1 rings (SSSR count). The molecule has 5 heteroatoms. The second-order valence-electron chi connectivity index (χ2n) is 4.57. The van der Waals surface area contributed by atoms with Gasteiger partial charge < -0.3 is 10.1 Å². The Morgan fingerprint density at radius 2 is 1.95 bits per heavy atom. The van der Waals surface area contributed by atoms with Crippen molar-refractivity contribution in [2.75, 3.05) is 11.6 Å². The van der Waals surface area contributed by atoms with Crippen molar-refractivity contribution in [2.45, 2.75) is 32.8 Å². The van der Waals surface area contributed by atoms with Crippen molar-refractivity contribution in [3.8, 4) is 0 Å². The summed E-state index contributed by atoms with van der Waals surface area (Å²) in [6.07, 6.45) is 1.13. The summed E-state index contributed by atoms with van der Waals surface area (Å²) in [7, 11) is 0. The van der Waals surface area contributed by atoms with Crippen molar-refractivity contribution in [2.24, 2.45) is 0 Å². The highest BCUT2D eigenvalue weighted by atomic mass is 32.2. The molecule has 110 valence electrons. The molecule has 0 aromatic heterocycles. The summed E-state index contributed by atoms with van der Waals surface area (Å²) in [6.45, 7) is 3.68. The maximum Gasteiger partial charge on any atom is 0.306 e. The molecule has 0 bridgehead atoms. The maximum atomic E-state index is 11.7. The molecule has 1 N–H and O–H groups in total. The molecule has 0 saturated heterocycles. The van der Waals surface area contributed by atoms with Gasteiger partial charge in [0.05, 0.1) is 12.0 Å². The highest BCUT2D eigenvalue weighted by Crippen LogP contribution is 2.05. The second kappa shape index (κ2) is 9.42. The highest BCUT2D eigenvalue weighted by molar-refractivity contribution is 7.99. The van der Waals surface area contributed by atoms with Crippen LogP contribution in [0.25, 0.3) is 0 Å². The summed E-state index contributed by atoms with van der Waals surface area (Å²) in [5.41, 5.74) is 0.661. The molecular weight excluding hydrogens is 274 g/mol. The third-order valence-electron chi connectivity index (χ3n) is 2.41. The summed E-state index contributed by atoms with van der Waals surface area (Å²) in [5.74, 6) is 1.14. The monoisotopic (exact) mass is 295 g/mol. The van der Waals surface area contributed by atoms with E-state index in [4.69, 9.17) is 4.74 Å². The van der Waals surface area contributed by atoms with E-state index in [0.29, 0.717) is 17.9 Å². The van der Waals surface area contributed by atoms with Gasteiger partial charge in [-0.1, -0.05) is 18.2 Å². The number of nitrogens with one attached hydrogen (secondary N) is 1. The summed E-state index contributed by atoms with van der Waals surface area (Å²) < 4.78 is 5.03. The fourth-order valence-electron chi connectivity index (χ4n) is 1.52. The molecule has 0 atom stereocenters. The van der Waals surface area contributed by atoms with E-state index in [1.165, 1.54) is 0 Å². The number of ether oxygens (including phenoxy) is 1. The minimum Gasteiger partial charge on any atom is -0.463 e. The van der Waals surface area contributed by atoms with Crippen LogP contribution in [0.15, 0.2) is 30.3 Å². The van der Waals surface area contributed by atoms with E-state index in [0.717, 1.165) is 12.2 Å². The van der Waals surface area contributed by atoms with Crippen LogP contribution >= 0.6 is 11.8 Å². The first-order chi connectivity index (χ1) is 9.59. The highest BCUT2D eigenvalue weighted by Gasteiger charge is 2.05. The standard InChI is InChI=1S/C15H21NO3S/c1-12(2)19-14(17)9-6-10-20-11-16-15(18)13-7-4-3-5-8-13/h3-5,7-8,12H,6,9-11H2,1-2H3,(H,16,18). The molecule has 1 aromatic rings. The molecule has 0 fully saturated rings. The van der Waals surface area contributed by atoms with Crippen LogP contribution in [-0.4, -0.2) is 29.6 Å². The van der Waals surface area contributed by atoms with E-state index < -0.39 is 0 Å². The number of carbonyl (C=O) groups excluding carboxylic acids is 2. The number of esters is 1. The largest absolute Gasteiger partial charge is 0.463 e. The molecule has 1 aromatic carbocycles. The van der Waals surface area contributed by atoms with E-state index in [1.54, 1.807) is 23.9 Å². The summed E-state index contributed by atoms with van der Waals surface area (Å²) >= 11 is 1.60. The molecule has 20 heavy (non-hydrogen) atoms. The molecule has 4 nitrogen and oxygen atoms in total. The van der Waals surface area contributed by atoms with Crippen LogP contribution in [-0.2, 0) is 9.53 Å². The van der Waals surface area contributed by atoms with E-state index >= 15 is 0 Å². The summed E-state index contributed by atoms with van der Waals surface area (Å²) in [5, 5.41) is 2.83. The average molecular weight is 295 g/mol. The lowest BCUT2D eigenvalue weighted by atomic mass is 10.2. The van der Waals surface area contributed by atoms with E-state index in [2.05, 4.69) is 5.32 Å². The molecular formula is C15H21NO3S. The molecule has 0 spiro atoms. The van der Waals surface area contributed by atoms with Crippen molar-refractivity contribution in [3.05, 3.63) is 35.9 Å². The Balaban J connectivity index is 2.05. The Morgan fingerprint density at radius 1 is 1.25 bits per heavy atom. The van der Waals surface area contributed by atoms with Gasteiger partial charge in [0, 0.05) is 12.0 Å². The molecule has 0 aliphatic rings. The zero-order valence-corrected chi connectivity index (χ0v) is 12.7. The first kappa shape index (κ1) is 16.6. The summed E-state index contributed by atoms with van der Waals surface area (Å²) in [6, 6.07) is 9.11. The van der Waals surface area contributed by atoms with E-state index in [9.17, 15) is 9.59 Å². The number of hydrogen-bond donors (Lipinski definition) is 1. The fourth-order valence-corrected chi connectivity index (χ4v) is 2.25. The molecule has 0 aliphatic heterocycles. The van der Waals surface area contributed by atoms with E-state index in [1.807, 2.05) is 32.0 Å². The zero-order chi connectivity index (χ0) is 14.8. The first-order valence-electron chi connectivity index (χ1n) is 6.70.